The Bertz CT molecular complexity index is 1880. The molecule has 0 saturated carbocycles. The molecule has 2 aromatic heterocycles. The molecule has 5 rings (SSSR count). The predicted molar refractivity (Wildman–Crippen MR) is 151 cm³/mol. The third-order valence-corrected chi connectivity index (χ3v) is 7.49. The number of furan rings is 1. The number of carbonyl (C=O) groups excluding carboxylic acids is 1. The van der Waals surface area contributed by atoms with Crippen molar-refractivity contribution in [3.05, 3.63) is 107 Å². The summed E-state index contributed by atoms with van der Waals surface area (Å²) >= 11 is 1.13. The second-order valence-corrected chi connectivity index (χ2v) is 9.90. The van der Waals surface area contributed by atoms with E-state index < -0.39 is 22.5 Å². The molecular formula is C29H25N3O8S. The van der Waals surface area contributed by atoms with Crippen LogP contribution < -0.4 is 24.4 Å². The van der Waals surface area contributed by atoms with Gasteiger partial charge in [0.1, 0.15) is 11.5 Å². The number of hydrogen-bond acceptors (Lipinski definition) is 10. The quantitative estimate of drug-likeness (QED) is 0.175. The summed E-state index contributed by atoms with van der Waals surface area (Å²) < 4.78 is 23.8. The lowest BCUT2D eigenvalue weighted by Crippen LogP contribution is -2.39. The Morgan fingerprint density at radius 3 is 2.61 bits per heavy atom. The van der Waals surface area contributed by atoms with Crippen LogP contribution in [-0.4, -0.2) is 36.3 Å². The van der Waals surface area contributed by atoms with E-state index in [0.29, 0.717) is 49.2 Å². The first-order valence-corrected chi connectivity index (χ1v) is 13.3. The van der Waals surface area contributed by atoms with Gasteiger partial charge in [-0.15, -0.1) is 0 Å². The number of nitrogens with zero attached hydrogens (tertiary/aromatic N) is 3. The molecule has 12 heteroatoms. The molecule has 11 nitrogen and oxygen atoms in total. The van der Waals surface area contributed by atoms with Crippen molar-refractivity contribution in [3.8, 4) is 22.8 Å². The number of nitro groups is 1. The van der Waals surface area contributed by atoms with Crippen molar-refractivity contribution in [3.63, 3.8) is 0 Å². The Kier molecular flexibility index (Phi) is 7.58. The van der Waals surface area contributed by atoms with Gasteiger partial charge in [0.25, 0.3) is 11.2 Å². The highest BCUT2D eigenvalue weighted by molar-refractivity contribution is 7.07. The molecule has 210 valence electrons. The van der Waals surface area contributed by atoms with Gasteiger partial charge in [-0.2, -0.15) is 0 Å². The minimum atomic E-state index is -0.841. The normalized spacial score (nSPS) is 14.8. The maximum atomic E-state index is 13.9. The Morgan fingerprint density at radius 2 is 1.90 bits per heavy atom. The van der Waals surface area contributed by atoms with Crippen molar-refractivity contribution >= 4 is 29.1 Å². The number of fused-ring (bicyclic) bond motifs is 1. The van der Waals surface area contributed by atoms with Crippen LogP contribution in [0.1, 0.15) is 31.2 Å². The van der Waals surface area contributed by atoms with E-state index in [0.717, 1.165) is 11.3 Å². The van der Waals surface area contributed by atoms with Gasteiger partial charge in [-0.25, -0.2) is 9.79 Å². The number of methoxy groups -OCH3 is 2. The number of rotatable bonds is 8. The summed E-state index contributed by atoms with van der Waals surface area (Å²) in [5.41, 5.74) is 1.09. The van der Waals surface area contributed by atoms with E-state index in [-0.39, 0.29) is 17.9 Å². The minimum absolute atomic E-state index is 0.0929. The second-order valence-electron chi connectivity index (χ2n) is 8.89. The number of allylic oxidation sites excluding steroid dienone is 1. The molecule has 1 aliphatic rings. The predicted octanol–water partition coefficient (Wildman–Crippen LogP) is 3.98. The Labute approximate surface area is 237 Å². The highest BCUT2D eigenvalue weighted by Gasteiger charge is 2.34. The molecule has 41 heavy (non-hydrogen) atoms. The van der Waals surface area contributed by atoms with Gasteiger partial charge in [-0.3, -0.25) is 19.5 Å². The van der Waals surface area contributed by atoms with E-state index in [1.54, 1.807) is 68.5 Å². The largest absolute Gasteiger partial charge is 0.493 e. The lowest BCUT2D eigenvalue weighted by Gasteiger charge is -2.25. The number of ether oxygens (including phenoxy) is 3. The Hall–Kier alpha value is -4.97. The van der Waals surface area contributed by atoms with Crippen molar-refractivity contribution in [2.75, 3.05) is 20.8 Å². The molecule has 0 radical (unpaired) electrons. The van der Waals surface area contributed by atoms with E-state index >= 15 is 0 Å². The zero-order valence-electron chi connectivity index (χ0n) is 22.6. The van der Waals surface area contributed by atoms with Crippen LogP contribution in [0, 0.1) is 10.1 Å². The van der Waals surface area contributed by atoms with Crippen LogP contribution >= 0.6 is 11.3 Å². The highest BCUT2D eigenvalue weighted by atomic mass is 32.1. The number of carbonyl (C=O) groups is 1. The van der Waals surface area contributed by atoms with Crippen molar-refractivity contribution in [1.82, 2.24) is 4.57 Å². The van der Waals surface area contributed by atoms with Crippen LogP contribution in [0.15, 0.2) is 80.1 Å². The van der Waals surface area contributed by atoms with E-state index in [1.165, 1.54) is 24.9 Å². The highest BCUT2D eigenvalue weighted by Crippen LogP contribution is 2.36. The van der Waals surface area contributed by atoms with Crippen LogP contribution in [0.4, 0.5) is 5.69 Å². The molecule has 0 fully saturated rings. The lowest BCUT2D eigenvalue weighted by atomic mass is 9.95. The lowest BCUT2D eigenvalue weighted by molar-refractivity contribution is -0.384. The number of hydrogen-bond donors (Lipinski definition) is 0. The molecule has 0 spiro atoms. The third kappa shape index (κ3) is 5.05. The zero-order chi connectivity index (χ0) is 29.3. The number of nitro benzene ring substituents is 1. The van der Waals surface area contributed by atoms with E-state index in [4.69, 9.17) is 18.6 Å². The van der Waals surface area contributed by atoms with Gasteiger partial charge in [0, 0.05) is 12.1 Å². The van der Waals surface area contributed by atoms with Crippen LogP contribution in [0.2, 0.25) is 0 Å². The molecule has 0 unspecified atom stereocenters. The number of esters is 1. The van der Waals surface area contributed by atoms with Gasteiger partial charge in [0.05, 0.1) is 53.2 Å². The number of thiazole rings is 1. The van der Waals surface area contributed by atoms with E-state index in [1.807, 2.05) is 0 Å². The molecule has 0 amide bonds. The topological polar surface area (TPSA) is 135 Å². The van der Waals surface area contributed by atoms with Gasteiger partial charge >= 0.3 is 5.97 Å². The van der Waals surface area contributed by atoms with Gasteiger partial charge in [-0.1, -0.05) is 29.5 Å². The summed E-state index contributed by atoms with van der Waals surface area (Å²) in [5.74, 6) is 0.966. The van der Waals surface area contributed by atoms with Gasteiger partial charge in [-0.05, 0) is 49.7 Å². The minimum Gasteiger partial charge on any atom is -0.493 e. The fourth-order valence-corrected chi connectivity index (χ4v) is 5.70. The van der Waals surface area contributed by atoms with Crippen molar-refractivity contribution in [1.29, 1.82) is 0 Å². The summed E-state index contributed by atoms with van der Waals surface area (Å²) in [7, 11) is 3.02. The first kappa shape index (κ1) is 27.6. The second kappa shape index (κ2) is 11.3. The van der Waals surface area contributed by atoms with Crippen LogP contribution in [0.5, 0.6) is 11.5 Å². The molecule has 1 atom stereocenters. The zero-order valence-corrected chi connectivity index (χ0v) is 23.4. The van der Waals surface area contributed by atoms with Crippen LogP contribution in [0.25, 0.3) is 17.4 Å². The first-order valence-electron chi connectivity index (χ1n) is 12.5. The summed E-state index contributed by atoms with van der Waals surface area (Å²) in [5, 5.41) is 11.5. The summed E-state index contributed by atoms with van der Waals surface area (Å²) in [4.78, 5) is 42.9. The van der Waals surface area contributed by atoms with Gasteiger partial charge < -0.3 is 18.6 Å². The monoisotopic (exact) mass is 575 g/mol. The average Bonchev–Trinajstić information content (AvgIpc) is 3.56. The summed E-state index contributed by atoms with van der Waals surface area (Å²) in [6.07, 6.45) is 1.55. The van der Waals surface area contributed by atoms with Gasteiger partial charge in [0.2, 0.25) is 0 Å². The average molecular weight is 576 g/mol. The molecule has 0 bridgehead atoms. The standard InChI is InChI=1S/C29H25N3O8S/c1-5-39-28(34)25-16(2)30-29-31(26(25)17-10-12-22(37-3)23(14-17)38-4)27(33)24(41-29)15-18-11-13-21(40-18)19-8-6-7-9-20(19)32(35)36/h6-15,26H,5H2,1-4H3/b24-15-/t26-/m0/s1. The Balaban J connectivity index is 1.66. The fraction of sp³-hybridized carbons (Fsp3) is 0.207. The molecule has 4 aromatic rings. The molecule has 3 heterocycles. The smallest absolute Gasteiger partial charge is 0.338 e. The van der Waals surface area contributed by atoms with Crippen molar-refractivity contribution in [2.45, 2.75) is 19.9 Å². The summed E-state index contributed by atoms with van der Waals surface area (Å²) in [6, 6.07) is 13.8. The summed E-state index contributed by atoms with van der Waals surface area (Å²) in [6.45, 7) is 3.55. The van der Waals surface area contributed by atoms with Gasteiger partial charge in [0.15, 0.2) is 16.3 Å². The van der Waals surface area contributed by atoms with E-state index in [2.05, 4.69) is 4.99 Å². The number of para-hydroxylation sites is 1. The maximum Gasteiger partial charge on any atom is 0.338 e. The van der Waals surface area contributed by atoms with E-state index in [9.17, 15) is 19.7 Å². The number of aromatic nitrogens is 1. The molecule has 0 saturated heterocycles. The SMILES string of the molecule is CCOC(=O)C1=C(C)N=c2s/c(=C\c3ccc(-c4ccccc4[N+](=O)[O-])o3)c(=O)n2[C@H]1c1ccc(OC)c(OC)c1. The number of benzene rings is 2. The molecular weight excluding hydrogens is 550 g/mol. The van der Waals surface area contributed by atoms with Crippen molar-refractivity contribution < 1.29 is 28.3 Å². The fourth-order valence-electron chi connectivity index (χ4n) is 4.68. The molecule has 1 aliphatic heterocycles. The Morgan fingerprint density at radius 1 is 1.15 bits per heavy atom. The van der Waals surface area contributed by atoms with Crippen molar-refractivity contribution in [2.24, 2.45) is 4.99 Å². The van der Waals surface area contributed by atoms with Crippen LogP contribution in [-0.2, 0) is 9.53 Å². The maximum absolute atomic E-state index is 13.9. The molecule has 0 aliphatic carbocycles. The molecule has 0 N–H and O–H groups in total. The molecule has 2 aromatic carbocycles. The third-order valence-electron chi connectivity index (χ3n) is 6.51. The van der Waals surface area contributed by atoms with Crippen LogP contribution in [0.3, 0.4) is 0 Å². The first-order chi connectivity index (χ1) is 19.8.